The number of aryl methyl sites for hydroxylation is 2. The zero-order valence-electron chi connectivity index (χ0n) is 13.0. The number of carbonyl (C=O) groups is 1. The average molecular weight is 300 g/mol. The highest BCUT2D eigenvalue weighted by molar-refractivity contribution is 5.92. The maximum Gasteiger partial charge on any atom is 0.271 e. The topological polar surface area (TPSA) is 76.1 Å². The SMILES string of the molecule is COCCNC(=O)c1cnc(Nc2cc(C)cc(C)c2)cn1. The molecule has 0 aliphatic heterocycles. The van der Waals surface area contributed by atoms with Gasteiger partial charge in [0.15, 0.2) is 0 Å². The molecule has 1 aromatic carbocycles. The van der Waals surface area contributed by atoms with Crippen molar-refractivity contribution in [3.05, 3.63) is 47.4 Å². The van der Waals surface area contributed by atoms with Crippen LogP contribution in [0.15, 0.2) is 30.6 Å². The van der Waals surface area contributed by atoms with E-state index in [1.165, 1.54) is 17.3 Å². The fourth-order valence-corrected chi connectivity index (χ4v) is 2.06. The van der Waals surface area contributed by atoms with Gasteiger partial charge in [-0.2, -0.15) is 0 Å². The molecule has 2 rings (SSSR count). The van der Waals surface area contributed by atoms with Gasteiger partial charge in [0, 0.05) is 19.3 Å². The highest BCUT2D eigenvalue weighted by Gasteiger charge is 2.07. The van der Waals surface area contributed by atoms with E-state index in [1.807, 2.05) is 26.0 Å². The number of hydrogen-bond acceptors (Lipinski definition) is 5. The van der Waals surface area contributed by atoms with Crippen molar-refractivity contribution in [2.75, 3.05) is 25.6 Å². The third-order valence-electron chi connectivity index (χ3n) is 2.97. The van der Waals surface area contributed by atoms with Crippen molar-refractivity contribution in [1.82, 2.24) is 15.3 Å². The lowest BCUT2D eigenvalue weighted by atomic mass is 10.1. The largest absolute Gasteiger partial charge is 0.383 e. The van der Waals surface area contributed by atoms with Crippen molar-refractivity contribution >= 4 is 17.4 Å². The van der Waals surface area contributed by atoms with E-state index < -0.39 is 0 Å². The van der Waals surface area contributed by atoms with Crippen molar-refractivity contribution in [3.8, 4) is 0 Å². The lowest BCUT2D eigenvalue weighted by molar-refractivity contribution is 0.0932. The second-order valence-corrected chi connectivity index (χ2v) is 5.04. The molecular formula is C16H20N4O2. The number of ether oxygens (including phenoxy) is 1. The number of anilines is 2. The van der Waals surface area contributed by atoms with Gasteiger partial charge in [0.05, 0.1) is 19.0 Å². The Kier molecular flexibility index (Phi) is 5.43. The van der Waals surface area contributed by atoms with Crippen molar-refractivity contribution in [2.24, 2.45) is 0 Å². The number of rotatable bonds is 6. The van der Waals surface area contributed by atoms with Crippen LogP contribution < -0.4 is 10.6 Å². The maximum atomic E-state index is 11.8. The molecule has 1 heterocycles. The third-order valence-corrected chi connectivity index (χ3v) is 2.97. The van der Waals surface area contributed by atoms with E-state index in [0.29, 0.717) is 19.0 Å². The van der Waals surface area contributed by atoms with E-state index in [9.17, 15) is 4.79 Å². The number of aromatic nitrogens is 2. The Labute approximate surface area is 129 Å². The van der Waals surface area contributed by atoms with Crippen molar-refractivity contribution in [3.63, 3.8) is 0 Å². The Morgan fingerprint density at radius 2 is 1.86 bits per heavy atom. The van der Waals surface area contributed by atoms with Gasteiger partial charge in [-0.1, -0.05) is 6.07 Å². The standard InChI is InChI=1S/C16H20N4O2/c1-11-6-12(2)8-13(7-11)20-15-10-18-14(9-19-15)16(21)17-4-5-22-3/h6-10H,4-5H2,1-3H3,(H,17,21)(H,19,20). The minimum atomic E-state index is -0.262. The molecule has 6 heteroatoms. The van der Waals surface area contributed by atoms with Crippen molar-refractivity contribution in [2.45, 2.75) is 13.8 Å². The van der Waals surface area contributed by atoms with Crippen LogP contribution in [-0.4, -0.2) is 36.1 Å². The summed E-state index contributed by atoms with van der Waals surface area (Å²) in [7, 11) is 1.58. The molecule has 0 saturated heterocycles. The van der Waals surface area contributed by atoms with E-state index >= 15 is 0 Å². The molecule has 0 fully saturated rings. The van der Waals surface area contributed by atoms with Crippen LogP contribution in [0, 0.1) is 13.8 Å². The van der Waals surface area contributed by atoms with Gasteiger partial charge in [-0.3, -0.25) is 4.79 Å². The molecule has 0 bridgehead atoms. The zero-order chi connectivity index (χ0) is 15.9. The molecule has 0 atom stereocenters. The summed E-state index contributed by atoms with van der Waals surface area (Å²) in [6.07, 6.45) is 3.00. The first-order valence-electron chi connectivity index (χ1n) is 7.03. The van der Waals surface area contributed by atoms with Crippen LogP contribution in [-0.2, 0) is 4.74 Å². The average Bonchev–Trinajstić information content (AvgIpc) is 2.47. The Morgan fingerprint density at radius 1 is 1.14 bits per heavy atom. The summed E-state index contributed by atoms with van der Waals surface area (Å²) in [5, 5.41) is 5.88. The quantitative estimate of drug-likeness (QED) is 0.800. The predicted molar refractivity (Wildman–Crippen MR) is 85.4 cm³/mol. The molecule has 0 spiro atoms. The normalized spacial score (nSPS) is 10.3. The fourth-order valence-electron chi connectivity index (χ4n) is 2.06. The first kappa shape index (κ1) is 15.9. The smallest absolute Gasteiger partial charge is 0.271 e. The lowest BCUT2D eigenvalue weighted by Gasteiger charge is -2.08. The molecule has 2 aromatic rings. The summed E-state index contributed by atoms with van der Waals surface area (Å²) in [4.78, 5) is 20.1. The molecule has 6 nitrogen and oxygen atoms in total. The molecule has 116 valence electrons. The lowest BCUT2D eigenvalue weighted by Crippen LogP contribution is -2.27. The van der Waals surface area contributed by atoms with Crippen LogP contribution in [0.25, 0.3) is 0 Å². The van der Waals surface area contributed by atoms with Gasteiger partial charge >= 0.3 is 0 Å². The second kappa shape index (κ2) is 7.51. The monoisotopic (exact) mass is 300 g/mol. The summed E-state index contributed by atoms with van der Waals surface area (Å²) in [6, 6.07) is 6.16. The number of benzene rings is 1. The number of amides is 1. The van der Waals surface area contributed by atoms with Gasteiger partial charge in [0.2, 0.25) is 0 Å². The van der Waals surface area contributed by atoms with E-state index in [-0.39, 0.29) is 11.6 Å². The van der Waals surface area contributed by atoms with Gasteiger partial charge < -0.3 is 15.4 Å². The summed E-state index contributed by atoms with van der Waals surface area (Å²) in [5.74, 6) is 0.334. The Bertz CT molecular complexity index is 621. The minimum absolute atomic E-state index is 0.262. The molecule has 0 radical (unpaired) electrons. The molecule has 0 unspecified atom stereocenters. The van der Waals surface area contributed by atoms with Gasteiger partial charge in [0.1, 0.15) is 11.5 Å². The van der Waals surface area contributed by atoms with Crippen molar-refractivity contribution < 1.29 is 9.53 Å². The number of nitrogens with one attached hydrogen (secondary N) is 2. The van der Waals surface area contributed by atoms with Crippen LogP contribution >= 0.6 is 0 Å². The Balaban J connectivity index is 2.01. The first-order chi connectivity index (χ1) is 10.6. The highest BCUT2D eigenvalue weighted by Crippen LogP contribution is 2.17. The predicted octanol–water partition coefficient (Wildman–Crippen LogP) is 2.21. The van der Waals surface area contributed by atoms with E-state index in [2.05, 4.69) is 26.7 Å². The van der Waals surface area contributed by atoms with Gasteiger partial charge in [-0.15, -0.1) is 0 Å². The van der Waals surface area contributed by atoms with Gasteiger partial charge in [0.25, 0.3) is 5.91 Å². The van der Waals surface area contributed by atoms with Crippen molar-refractivity contribution in [1.29, 1.82) is 0 Å². The van der Waals surface area contributed by atoms with Gasteiger partial charge in [-0.25, -0.2) is 9.97 Å². The molecule has 1 amide bonds. The second-order valence-electron chi connectivity index (χ2n) is 5.04. The van der Waals surface area contributed by atoms with Gasteiger partial charge in [-0.05, 0) is 37.1 Å². The highest BCUT2D eigenvalue weighted by atomic mass is 16.5. The third kappa shape index (κ3) is 4.53. The Morgan fingerprint density at radius 3 is 2.45 bits per heavy atom. The minimum Gasteiger partial charge on any atom is -0.383 e. The van der Waals surface area contributed by atoms with Crippen LogP contribution in [0.1, 0.15) is 21.6 Å². The zero-order valence-corrected chi connectivity index (χ0v) is 13.0. The van der Waals surface area contributed by atoms with E-state index in [1.54, 1.807) is 13.3 Å². The Hall–Kier alpha value is -2.47. The molecule has 1 aromatic heterocycles. The summed E-state index contributed by atoms with van der Waals surface area (Å²) in [6.45, 7) is 4.99. The van der Waals surface area contributed by atoms with Crippen LogP contribution in [0.2, 0.25) is 0 Å². The van der Waals surface area contributed by atoms with E-state index in [4.69, 9.17) is 4.74 Å². The maximum absolute atomic E-state index is 11.8. The van der Waals surface area contributed by atoms with E-state index in [0.717, 1.165) is 5.69 Å². The fraction of sp³-hybridized carbons (Fsp3) is 0.312. The molecular weight excluding hydrogens is 280 g/mol. The number of nitrogens with zero attached hydrogens (tertiary/aromatic N) is 2. The molecule has 22 heavy (non-hydrogen) atoms. The summed E-state index contributed by atoms with van der Waals surface area (Å²) < 4.78 is 4.87. The number of carbonyl (C=O) groups excluding carboxylic acids is 1. The molecule has 0 saturated carbocycles. The number of methoxy groups -OCH3 is 1. The molecule has 0 aliphatic rings. The number of hydrogen-bond donors (Lipinski definition) is 2. The van der Waals surface area contributed by atoms with Crippen LogP contribution in [0.4, 0.5) is 11.5 Å². The molecule has 0 aliphatic carbocycles. The van der Waals surface area contributed by atoms with Crippen LogP contribution in [0.5, 0.6) is 0 Å². The summed E-state index contributed by atoms with van der Waals surface area (Å²) in [5.41, 5.74) is 3.57. The van der Waals surface area contributed by atoms with Crippen LogP contribution in [0.3, 0.4) is 0 Å². The summed E-state index contributed by atoms with van der Waals surface area (Å²) >= 11 is 0. The molecule has 2 N–H and O–H groups in total. The first-order valence-corrected chi connectivity index (χ1v) is 7.03.